The summed E-state index contributed by atoms with van der Waals surface area (Å²) in [7, 11) is 3.90. The Morgan fingerprint density at radius 3 is 2.75 bits per heavy atom. The fraction of sp³-hybridized carbons (Fsp3) is 0.389. The second-order valence-corrected chi connectivity index (χ2v) is 6.31. The fourth-order valence-corrected chi connectivity index (χ4v) is 3.04. The second kappa shape index (κ2) is 6.47. The molecule has 1 aliphatic rings. The normalized spacial score (nSPS) is 14.0. The average molecular weight is 326 g/mol. The Hall–Kier alpha value is -2.63. The molecule has 2 heterocycles. The van der Waals surface area contributed by atoms with E-state index in [-0.39, 0.29) is 11.5 Å². The molecule has 126 valence electrons. The van der Waals surface area contributed by atoms with Crippen LogP contribution in [0.15, 0.2) is 29.1 Å². The minimum atomic E-state index is -0.0820. The lowest BCUT2D eigenvalue weighted by molar-refractivity contribution is 0.0763. The zero-order valence-corrected chi connectivity index (χ0v) is 14.3. The van der Waals surface area contributed by atoms with Gasteiger partial charge in [0.1, 0.15) is 5.82 Å². The van der Waals surface area contributed by atoms with Crippen molar-refractivity contribution in [2.24, 2.45) is 0 Å². The van der Waals surface area contributed by atoms with Gasteiger partial charge in [0, 0.05) is 50.4 Å². The summed E-state index contributed by atoms with van der Waals surface area (Å²) >= 11 is 0. The van der Waals surface area contributed by atoms with Crippen molar-refractivity contribution in [3.8, 4) is 0 Å². The molecule has 2 aromatic rings. The largest absolute Gasteiger partial charge is 0.378 e. The molecule has 24 heavy (non-hydrogen) atoms. The monoisotopic (exact) mass is 326 g/mol. The topological polar surface area (TPSA) is 69.3 Å². The Morgan fingerprint density at radius 1 is 1.25 bits per heavy atom. The van der Waals surface area contributed by atoms with Gasteiger partial charge in [-0.15, -0.1) is 0 Å². The van der Waals surface area contributed by atoms with Crippen molar-refractivity contribution in [2.45, 2.75) is 19.8 Å². The van der Waals surface area contributed by atoms with E-state index in [0.717, 1.165) is 11.4 Å². The van der Waals surface area contributed by atoms with Crippen LogP contribution in [0.5, 0.6) is 0 Å². The van der Waals surface area contributed by atoms with Crippen molar-refractivity contribution in [3.05, 3.63) is 57.3 Å². The molecule has 1 amide bonds. The van der Waals surface area contributed by atoms with Gasteiger partial charge < -0.3 is 14.8 Å². The summed E-state index contributed by atoms with van der Waals surface area (Å²) in [4.78, 5) is 35.9. The molecule has 0 radical (unpaired) electrons. The molecule has 0 saturated heterocycles. The molecular formula is C18H22N4O2. The van der Waals surface area contributed by atoms with Crippen LogP contribution < -0.4 is 10.5 Å². The first-order chi connectivity index (χ1) is 11.5. The first kappa shape index (κ1) is 16.2. The summed E-state index contributed by atoms with van der Waals surface area (Å²) < 4.78 is 0. The van der Waals surface area contributed by atoms with Crippen LogP contribution in [0.1, 0.15) is 27.4 Å². The van der Waals surface area contributed by atoms with Gasteiger partial charge in [-0.1, -0.05) is 6.07 Å². The van der Waals surface area contributed by atoms with E-state index in [1.54, 1.807) is 6.92 Å². The Bertz CT molecular complexity index is 826. The molecule has 6 heteroatoms. The minimum absolute atomic E-state index is 0.000318. The number of H-pyrrole nitrogens is 1. The number of anilines is 1. The third-order valence-electron chi connectivity index (χ3n) is 4.37. The molecule has 6 nitrogen and oxygen atoms in total. The van der Waals surface area contributed by atoms with Gasteiger partial charge in [0.25, 0.3) is 11.5 Å². The maximum absolute atomic E-state index is 12.8. The lowest BCUT2D eigenvalue weighted by Gasteiger charge is -2.21. The van der Waals surface area contributed by atoms with Gasteiger partial charge in [0.05, 0.1) is 5.69 Å². The molecule has 0 saturated carbocycles. The fourth-order valence-electron chi connectivity index (χ4n) is 3.04. The summed E-state index contributed by atoms with van der Waals surface area (Å²) in [5, 5.41) is 0. The number of hydrogen-bond acceptors (Lipinski definition) is 4. The van der Waals surface area contributed by atoms with Crippen molar-refractivity contribution in [1.29, 1.82) is 0 Å². The summed E-state index contributed by atoms with van der Waals surface area (Å²) in [6, 6.07) is 7.60. The highest BCUT2D eigenvalue weighted by molar-refractivity contribution is 5.95. The minimum Gasteiger partial charge on any atom is -0.378 e. The number of fused-ring (bicyclic) bond motifs is 1. The first-order valence-electron chi connectivity index (χ1n) is 8.11. The number of aryl methyl sites for hydroxylation is 1. The second-order valence-electron chi connectivity index (χ2n) is 6.31. The van der Waals surface area contributed by atoms with Gasteiger partial charge in [-0.25, -0.2) is 4.98 Å². The third kappa shape index (κ3) is 3.18. The number of rotatable bonds is 2. The molecule has 0 aliphatic carbocycles. The molecule has 0 fully saturated rings. The average Bonchev–Trinajstić information content (AvgIpc) is 2.77. The predicted octanol–water partition coefficient (Wildman–Crippen LogP) is 1.39. The van der Waals surface area contributed by atoms with Crippen molar-refractivity contribution in [1.82, 2.24) is 14.9 Å². The summed E-state index contributed by atoms with van der Waals surface area (Å²) in [5.74, 6) is 0.622. The molecule has 1 aromatic heterocycles. The van der Waals surface area contributed by atoms with E-state index in [4.69, 9.17) is 0 Å². The first-order valence-corrected chi connectivity index (χ1v) is 8.11. The van der Waals surface area contributed by atoms with Crippen molar-refractivity contribution < 1.29 is 4.79 Å². The number of carbonyl (C=O) groups excluding carboxylic acids is 1. The quantitative estimate of drug-likeness (QED) is 0.905. The molecule has 1 aromatic carbocycles. The molecule has 0 atom stereocenters. The summed E-state index contributed by atoms with van der Waals surface area (Å²) in [5.41, 5.74) is 3.10. The number of amides is 1. The van der Waals surface area contributed by atoms with Crippen LogP contribution in [0.25, 0.3) is 0 Å². The van der Waals surface area contributed by atoms with Crippen LogP contribution >= 0.6 is 0 Å². The summed E-state index contributed by atoms with van der Waals surface area (Å²) in [6.45, 7) is 2.89. The number of nitrogens with zero attached hydrogens (tertiary/aromatic N) is 3. The van der Waals surface area contributed by atoms with Gasteiger partial charge in [-0.3, -0.25) is 9.59 Å². The Labute approximate surface area is 141 Å². The molecule has 1 aliphatic heterocycles. The van der Waals surface area contributed by atoms with Crippen LogP contribution in [0.2, 0.25) is 0 Å². The van der Waals surface area contributed by atoms with E-state index in [9.17, 15) is 9.59 Å². The van der Waals surface area contributed by atoms with Crippen LogP contribution in [0.4, 0.5) is 5.69 Å². The van der Waals surface area contributed by atoms with Crippen LogP contribution in [-0.2, 0) is 12.8 Å². The number of carbonyl (C=O) groups is 1. The zero-order valence-electron chi connectivity index (χ0n) is 14.3. The smallest absolute Gasteiger partial charge is 0.254 e. The molecule has 0 unspecified atom stereocenters. The Morgan fingerprint density at radius 2 is 2.00 bits per heavy atom. The van der Waals surface area contributed by atoms with Crippen molar-refractivity contribution in [3.63, 3.8) is 0 Å². The van der Waals surface area contributed by atoms with Crippen LogP contribution in [-0.4, -0.2) is 48.0 Å². The summed E-state index contributed by atoms with van der Waals surface area (Å²) in [6.07, 6.45) is 1.15. The third-order valence-corrected chi connectivity index (χ3v) is 4.37. The molecule has 3 rings (SSSR count). The standard InChI is InChI=1S/C18H22N4O2/c1-12-19-16-8-10-22(9-7-15(16)17(23)20-12)18(24)13-5-4-6-14(11-13)21(2)3/h4-6,11H,7-10H2,1-3H3,(H,19,20,23). The van der Waals surface area contributed by atoms with E-state index in [1.165, 1.54) is 0 Å². The molecule has 0 bridgehead atoms. The highest BCUT2D eigenvalue weighted by Crippen LogP contribution is 2.17. The van der Waals surface area contributed by atoms with E-state index in [1.807, 2.05) is 48.2 Å². The van der Waals surface area contributed by atoms with Gasteiger partial charge >= 0.3 is 0 Å². The maximum atomic E-state index is 12.8. The van der Waals surface area contributed by atoms with Crippen molar-refractivity contribution >= 4 is 11.6 Å². The van der Waals surface area contributed by atoms with E-state index in [0.29, 0.717) is 42.9 Å². The number of nitrogens with one attached hydrogen (secondary N) is 1. The highest BCUT2D eigenvalue weighted by atomic mass is 16.2. The highest BCUT2D eigenvalue weighted by Gasteiger charge is 2.22. The Kier molecular flexibility index (Phi) is 4.38. The molecule has 1 N–H and O–H groups in total. The van der Waals surface area contributed by atoms with Gasteiger partial charge in [-0.05, 0) is 31.5 Å². The van der Waals surface area contributed by atoms with Gasteiger partial charge in [0.15, 0.2) is 0 Å². The van der Waals surface area contributed by atoms with Crippen LogP contribution in [0, 0.1) is 6.92 Å². The van der Waals surface area contributed by atoms with Gasteiger partial charge in [0.2, 0.25) is 0 Å². The lowest BCUT2D eigenvalue weighted by atomic mass is 10.1. The lowest BCUT2D eigenvalue weighted by Crippen LogP contribution is -2.33. The Balaban J connectivity index is 1.82. The number of benzene rings is 1. The predicted molar refractivity (Wildman–Crippen MR) is 93.7 cm³/mol. The maximum Gasteiger partial charge on any atom is 0.254 e. The van der Waals surface area contributed by atoms with Gasteiger partial charge in [-0.2, -0.15) is 0 Å². The van der Waals surface area contributed by atoms with Crippen molar-refractivity contribution in [2.75, 3.05) is 32.1 Å². The van der Waals surface area contributed by atoms with E-state index in [2.05, 4.69) is 9.97 Å². The molecular weight excluding hydrogens is 304 g/mol. The number of hydrogen-bond donors (Lipinski definition) is 1. The molecule has 0 spiro atoms. The zero-order chi connectivity index (χ0) is 17.3. The number of aromatic amines is 1. The van der Waals surface area contributed by atoms with E-state index >= 15 is 0 Å². The van der Waals surface area contributed by atoms with E-state index < -0.39 is 0 Å². The SMILES string of the molecule is Cc1nc2c(c(=O)[nH]1)CCN(C(=O)c1cccc(N(C)C)c1)CC2. The van der Waals surface area contributed by atoms with Crippen LogP contribution in [0.3, 0.4) is 0 Å². The number of aromatic nitrogens is 2.